The van der Waals surface area contributed by atoms with E-state index < -0.39 is 5.60 Å². The van der Waals surface area contributed by atoms with Gasteiger partial charge >= 0.3 is 6.09 Å². The van der Waals surface area contributed by atoms with Gasteiger partial charge in [-0.15, -0.1) is 0 Å². The summed E-state index contributed by atoms with van der Waals surface area (Å²) < 4.78 is 5.43. The Balaban J connectivity index is 1.51. The van der Waals surface area contributed by atoms with Gasteiger partial charge in [-0.3, -0.25) is 9.88 Å². The van der Waals surface area contributed by atoms with Gasteiger partial charge in [-0.25, -0.2) is 4.79 Å². The molecule has 0 aliphatic carbocycles. The van der Waals surface area contributed by atoms with E-state index >= 15 is 0 Å². The predicted molar refractivity (Wildman–Crippen MR) is 116 cm³/mol. The Hall–Kier alpha value is -2.85. The highest BCUT2D eigenvalue weighted by Crippen LogP contribution is 2.33. The van der Waals surface area contributed by atoms with Crippen molar-refractivity contribution >= 4 is 22.7 Å². The molecule has 0 radical (unpaired) electrons. The van der Waals surface area contributed by atoms with Crippen molar-refractivity contribution < 1.29 is 9.53 Å². The molecule has 1 aromatic carbocycles. The lowest BCUT2D eigenvalue weighted by molar-refractivity contribution is 0.0504. The second-order valence-electron chi connectivity index (χ2n) is 9.33. The van der Waals surface area contributed by atoms with Crippen LogP contribution in [0, 0.1) is 11.3 Å². The molecule has 2 aromatic rings. The number of nitrogens with zero attached hydrogens (tertiary/aromatic N) is 4. The molecule has 7 heteroatoms. The van der Waals surface area contributed by atoms with Crippen molar-refractivity contribution in [3.8, 4) is 6.07 Å². The van der Waals surface area contributed by atoms with Crippen LogP contribution in [0.1, 0.15) is 39.7 Å². The Morgan fingerprint density at radius 3 is 2.80 bits per heavy atom. The molecule has 3 atom stereocenters. The molecule has 1 amide bonds. The van der Waals surface area contributed by atoms with E-state index in [1.54, 1.807) is 6.20 Å². The summed E-state index contributed by atoms with van der Waals surface area (Å²) in [5.41, 5.74) is 1.98. The first-order valence-corrected chi connectivity index (χ1v) is 10.5. The number of fused-ring (bicyclic) bond motifs is 2. The molecule has 2 aliphatic rings. The number of carbonyl (C=O) groups excluding carboxylic acids is 1. The van der Waals surface area contributed by atoms with Crippen molar-refractivity contribution in [2.75, 3.05) is 24.5 Å². The molecule has 2 saturated heterocycles. The second-order valence-corrected chi connectivity index (χ2v) is 9.33. The maximum Gasteiger partial charge on any atom is 0.407 e. The molecule has 0 bridgehead atoms. The first kappa shape index (κ1) is 20.4. The maximum absolute atomic E-state index is 12.2. The highest BCUT2D eigenvalue weighted by molar-refractivity contribution is 5.95. The minimum absolute atomic E-state index is 0.0895. The summed E-state index contributed by atoms with van der Waals surface area (Å²) in [4.78, 5) is 21.5. The molecule has 2 fully saturated rings. The number of pyridine rings is 1. The maximum atomic E-state index is 12.2. The number of anilines is 1. The van der Waals surface area contributed by atoms with Crippen molar-refractivity contribution in [2.45, 2.75) is 57.8 Å². The summed E-state index contributed by atoms with van der Waals surface area (Å²) in [7, 11) is 0. The Kier molecular flexibility index (Phi) is 5.29. The van der Waals surface area contributed by atoms with Crippen LogP contribution in [0.25, 0.3) is 10.9 Å². The number of hydrogen-bond acceptors (Lipinski definition) is 6. The topological polar surface area (TPSA) is 81.5 Å². The lowest BCUT2D eigenvalue weighted by atomic mass is 10.0. The van der Waals surface area contributed by atoms with Crippen LogP contribution in [0.3, 0.4) is 0 Å². The van der Waals surface area contributed by atoms with Crippen LogP contribution in [-0.4, -0.2) is 59.3 Å². The minimum Gasteiger partial charge on any atom is -0.444 e. The van der Waals surface area contributed by atoms with Gasteiger partial charge in [0.25, 0.3) is 0 Å². The van der Waals surface area contributed by atoms with Gasteiger partial charge in [-0.05, 0) is 58.4 Å². The monoisotopic (exact) mass is 407 g/mol. The number of amides is 1. The van der Waals surface area contributed by atoms with Gasteiger partial charge in [-0.2, -0.15) is 5.26 Å². The standard InChI is InChI=1S/C23H29N5O2/c1-15-12-27(20-8-7-16(11-24)21-19(20)6-5-9-25-21)14-18-10-17(13-28(15)18)26-22(29)30-23(2,3)4/h5-9,15,17-18H,10,12-14H2,1-4H3,(H,26,29)/t15-,17-,18+/m1/s1. The number of nitrogens with one attached hydrogen (secondary N) is 1. The molecule has 0 unspecified atom stereocenters. The second kappa shape index (κ2) is 7.77. The first-order chi connectivity index (χ1) is 14.2. The Morgan fingerprint density at radius 1 is 1.27 bits per heavy atom. The molecular formula is C23H29N5O2. The van der Waals surface area contributed by atoms with Gasteiger partial charge < -0.3 is 15.0 Å². The molecule has 1 N–H and O–H groups in total. The number of ether oxygens (including phenoxy) is 1. The van der Waals surface area contributed by atoms with Gasteiger partial charge in [0.1, 0.15) is 11.7 Å². The van der Waals surface area contributed by atoms with Crippen LogP contribution in [0.4, 0.5) is 10.5 Å². The summed E-state index contributed by atoms with van der Waals surface area (Å²) in [5, 5.41) is 13.5. The molecule has 7 nitrogen and oxygen atoms in total. The smallest absolute Gasteiger partial charge is 0.407 e. The zero-order valence-corrected chi connectivity index (χ0v) is 18.1. The number of benzene rings is 1. The molecule has 158 valence electrons. The number of alkyl carbamates (subject to hydrolysis) is 1. The average Bonchev–Trinajstić information content (AvgIpc) is 3.08. The van der Waals surface area contributed by atoms with E-state index in [9.17, 15) is 10.1 Å². The number of hydrogen-bond donors (Lipinski definition) is 1. The molecule has 0 saturated carbocycles. The van der Waals surface area contributed by atoms with Crippen LogP contribution in [0.15, 0.2) is 30.5 Å². The summed E-state index contributed by atoms with van der Waals surface area (Å²) in [5.74, 6) is 0. The average molecular weight is 408 g/mol. The summed E-state index contributed by atoms with van der Waals surface area (Å²) in [6, 6.07) is 10.9. The normalized spacial score (nSPS) is 24.4. The van der Waals surface area contributed by atoms with Crippen molar-refractivity contribution in [1.82, 2.24) is 15.2 Å². The van der Waals surface area contributed by atoms with Crippen molar-refractivity contribution in [2.24, 2.45) is 0 Å². The molecule has 0 spiro atoms. The first-order valence-electron chi connectivity index (χ1n) is 10.5. The van der Waals surface area contributed by atoms with E-state index in [2.05, 4.69) is 33.1 Å². The van der Waals surface area contributed by atoms with E-state index in [1.807, 2.05) is 45.0 Å². The predicted octanol–water partition coefficient (Wildman–Crippen LogP) is 3.28. The van der Waals surface area contributed by atoms with Crippen LogP contribution in [0.5, 0.6) is 0 Å². The zero-order chi connectivity index (χ0) is 21.5. The summed E-state index contributed by atoms with van der Waals surface area (Å²) in [6.45, 7) is 10.5. The zero-order valence-electron chi connectivity index (χ0n) is 18.1. The quantitative estimate of drug-likeness (QED) is 0.823. The van der Waals surface area contributed by atoms with Crippen LogP contribution >= 0.6 is 0 Å². The largest absolute Gasteiger partial charge is 0.444 e. The number of carbonyl (C=O) groups is 1. The summed E-state index contributed by atoms with van der Waals surface area (Å²) in [6.07, 6.45) is 2.28. The number of aromatic nitrogens is 1. The molecule has 2 aliphatic heterocycles. The van der Waals surface area contributed by atoms with E-state index in [1.165, 1.54) is 0 Å². The van der Waals surface area contributed by atoms with Crippen molar-refractivity contribution in [1.29, 1.82) is 5.26 Å². The van der Waals surface area contributed by atoms with Gasteiger partial charge in [0.2, 0.25) is 0 Å². The van der Waals surface area contributed by atoms with Crippen LogP contribution in [0.2, 0.25) is 0 Å². The van der Waals surface area contributed by atoms with E-state index in [4.69, 9.17) is 4.74 Å². The number of piperazine rings is 1. The SMILES string of the molecule is C[C@@H]1CN(c2ccc(C#N)c3ncccc23)C[C@@H]2C[C@@H](NC(=O)OC(C)(C)C)CN21. The van der Waals surface area contributed by atoms with Gasteiger partial charge in [0, 0.05) is 55.0 Å². The lowest BCUT2D eigenvalue weighted by Gasteiger charge is -2.43. The van der Waals surface area contributed by atoms with Crippen LogP contribution < -0.4 is 10.2 Å². The third-order valence-electron chi connectivity index (χ3n) is 5.87. The fourth-order valence-corrected chi connectivity index (χ4v) is 4.71. The van der Waals surface area contributed by atoms with E-state index in [-0.39, 0.29) is 12.1 Å². The Labute approximate surface area is 177 Å². The molecular weight excluding hydrogens is 378 g/mol. The third-order valence-corrected chi connectivity index (χ3v) is 5.87. The Morgan fingerprint density at radius 2 is 2.07 bits per heavy atom. The number of rotatable bonds is 2. The third kappa shape index (κ3) is 4.05. The highest BCUT2D eigenvalue weighted by Gasteiger charge is 2.41. The fraction of sp³-hybridized carbons (Fsp3) is 0.522. The van der Waals surface area contributed by atoms with Gasteiger partial charge in [0.15, 0.2) is 0 Å². The highest BCUT2D eigenvalue weighted by atomic mass is 16.6. The summed E-state index contributed by atoms with van der Waals surface area (Å²) >= 11 is 0. The van der Waals surface area contributed by atoms with Crippen molar-refractivity contribution in [3.05, 3.63) is 36.0 Å². The van der Waals surface area contributed by atoms with E-state index in [0.717, 1.165) is 42.6 Å². The number of nitriles is 1. The van der Waals surface area contributed by atoms with E-state index in [0.29, 0.717) is 17.6 Å². The van der Waals surface area contributed by atoms with Crippen molar-refractivity contribution in [3.63, 3.8) is 0 Å². The minimum atomic E-state index is -0.496. The molecule has 1 aromatic heterocycles. The van der Waals surface area contributed by atoms with Crippen LogP contribution in [-0.2, 0) is 4.74 Å². The van der Waals surface area contributed by atoms with Gasteiger partial charge in [0.05, 0.1) is 11.1 Å². The molecule has 30 heavy (non-hydrogen) atoms. The molecule has 4 rings (SSSR count). The van der Waals surface area contributed by atoms with Gasteiger partial charge in [-0.1, -0.05) is 0 Å². The fourth-order valence-electron chi connectivity index (χ4n) is 4.71. The lowest BCUT2D eigenvalue weighted by Crippen LogP contribution is -2.55. The molecule has 3 heterocycles. The Bertz CT molecular complexity index is 993.